The van der Waals surface area contributed by atoms with Crippen LogP contribution in [0.15, 0.2) is 24.3 Å². The van der Waals surface area contributed by atoms with Gasteiger partial charge in [0, 0.05) is 7.05 Å². The number of benzene rings is 1. The molecule has 0 radical (unpaired) electrons. The van der Waals surface area contributed by atoms with E-state index in [1.807, 2.05) is 0 Å². The van der Waals surface area contributed by atoms with E-state index in [2.05, 4.69) is 4.74 Å². The maximum Gasteiger partial charge on any atom is 0.338 e. The molecule has 1 aromatic rings. The van der Waals surface area contributed by atoms with Crippen LogP contribution in [0.2, 0.25) is 0 Å². The number of likely N-dealkylation sites (N-methyl/N-ethyl adjacent to an activating group) is 1. The van der Waals surface area contributed by atoms with Crippen LogP contribution in [-0.2, 0) is 16.1 Å². The number of rotatable bonds is 3. The number of carbonyl (C=O) groups excluding carboxylic acids is 3. The Bertz CT molecular complexity index is 541. The molecule has 0 atom stereocenters. The number of hydrogen-bond acceptors (Lipinski definition) is 4. The summed E-state index contributed by atoms with van der Waals surface area (Å²) in [6.45, 7) is 0.145. The minimum absolute atomic E-state index is 0.0687. The molecule has 3 amide bonds. The predicted octanol–water partition coefficient (Wildman–Crippen LogP) is 0.867. The van der Waals surface area contributed by atoms with E-state index >= 15 is 0 Å². The molecule has 0 bridgehead atoms. The molecule has 0 unspecified atom stereocenters. The highest BCUT2D eigenvalue weighted by molar-refractivity contribution is 6.02. The number of imide groups is 1. The van der Waals surface area contributed by atoms with Gasteiger partial charge in [-0.3, -0.25) is 9.69 Å². The van der Waals surface area contributed by atoms with Crippen LogP contribution in [0.25, 0.3) is 0 Å². The third-order valence-electron chi connectivity index (χ3n) is 2.98. The second kappa shape index (κ2) is 5.09. The second-order valence-corrected chi connectivity index (χ2v) is 4.27. The van der Waals surface area contributed by atoms with Crippen molar-refractivity contribution in [3.8, 4) is 0 Å². The molecule has 1 aromatic carbocycles. The van der Waals surface area contributed by atoms with Gasteiger partial charge < -0.3 is 9.64 Å². The SMILES string of the molecule is COC(=O)c1ccccc1CN1C(=O)CN(C)C1=O. The number of urea groups is 1. The summed E-state index contributed by atoms with van der Waals surface area (Å²) in [7, 11) is 2.85. The zero-order valence-corrected chi connectivity index (χ0v) is 10.8. The van der Waals surface area contributed by atoms with Crippen LogP contribution in [0.4, 0.5) is 4.79 Å². The zero-order valence-electron chi connectivity index (χ0n) is 10.8. The Morgan fingerprint density at radius 3 is 2.58 bits per heavy atom. The fraction of sp³-hybridized carbons (Fsp3) is 0.308. The van der Waals surface area contributed by atoms with Crippen LogP contribution in [-0.4, -0.2) is 48.4 Å². The molecule has 1 aliphatic heterocycles. The van der Waals surface area contributed by atoms with Crippen molar-refractivity contribution in [1.29, 1.82) is 0 Å². The smallest absolute Gasteiger partial charge is 0.338 e. The number of amides is 3. The van der Waals surface area contributed by atoms with E-state index in [1.54, 1.807) is 31.3 Å². The summed E-state index contributed by atoms with van der Waals surface area (Å²) in [5, 5.41) is 0. The first-order valence-corrected chi connectivity index (χ1v) is 5.76. The Kier molecular flexibility index (Phi) is 3.50. The quantitative estimate of drug-likeness (QED) is 0.598. The molecule has 2 rings (SSSR count). The molecule has 0 aromatic heterocycles. The summed E-state index contributed by atoms with van der Waals surface area (Å²) < 4.78 is 4.68. The molecule has 1 heterocycles. The van der Waals surface area contributed by atoms with Crippen molar-refractivity contribution in [3.63, 3.8) is 0 Å². The third kappa shape index (κ3) is 2.42. The summed E-state index contributed by atoms with van der Waals surface area (Å²) in [5.41, 5.74) is 0.950. The lowest BCUT2D eigenvalue weighted by atomic mass is 10.1. The zero-order chi connectivity index (χ0) is 14.0. The standard InChI is InChI=1S/C13H14N2O4/c1-14-8-11(16)15(13(14)18)7-9-5-3-4-6-10(9)12(17)19-2/h3-6H,7-8H2,1-2H3. The summed E-state index contributed by atoms with van der Waals surface area (Å²) in [4.78, 5) is 37.6. The highest BCUT2D eigenvalue weighted by atomic mass is 16.5. The van der Waals surface area contributed by atoms with Crippen LogP contribution in [0, 0.1) is 0 Å². The van der Waals surface area contributed by atoms with Gasteiger partial charge >= 0.3 is 12.0 Å². The van der Waals surface area contributed by atoms with Gasteiger partial charge in [0.1, 0.15) is 6.54 Å². The first-order valence-electron chi connectivity index (χ1n) is 5.76. The fourth-order valence-corrected chi connectivity index (χ4v) is 1.96. The predicted molar refractivity (Wildman–Crippen MR) is 66.4 cm³/mol. The lowest BCUT2D eigenvalue weighted by Gasteiger charge is -2.15. The molecular formula is C13H14N2O4. The summed E-state index contributed by atoms with van der Waals surface area (Å²) >= 11 is 0. The number of ether oxygens (including phenoxy) is 1. The van der Waals surface area contributed by atoms with E-state index in [-0.39, 0.29) is 25.0 Å². The lowest BCUT2D eigenvalue weighted by molar-refractivity contribution is -0.125. The minimum Gasteiger partial charge on any atom is -0.465 e. The van der Waals surface area contributed by atoms with Crippen molar-refractivity contribution in [2.24, 2.45) is 0 Å². The number of nitrogens with zero attached hydrogens (tertiary/aromatic N) is 2. The summed E-state index contributed by atoms with van der Waals surface area (Å²) in [6, 6.07) is 6.40. The van der Waals surface area contributed by atoms with E-state index in [0.717, 1.165) is 4.90 Å². The molecule has 0 saturated carbocycles. The topological polar surface area (TPSA) is 66.9 Å². The monoisotopic (exact) mass is 262 g/mol. The van der Waals surface area contributed by atoms with Crippen LogP contribution >= 0.6 is 0 Å². The van der Waals surface area contributed by atoms with Gasteiger partial charge in [-0.25, -0.2) is 9.59 Å². The molecule has 0 N–H and O–H groups in total. The minimum atomic E-state index is -0.483. The van der Waals surface area contributed by atoms with Crippen LogP contribution in [0.3, 0.4) is 0 Å². The third-order valence-corrected chi connectivity index (χ3v) is 2.98. The second-order valence-electron chi connectivity index (χ2n) is 4.27. The van der Waals surface area contributed by atoms with Crippen molar-refractivity contribution in [1.82, 2.24) is 9.80 Å². The van der Waals surface area contributed by atoms with Gasteiger partial charge in [-0.2, -0.15) is 0 Å². The molecular weight excluding hydrogens is 248 g/mol. The van der Waals surface area contributed by atoms with Crippen molar-refractivity contribution in [2.75, 3.05) is 20.7 Å². The lowest BCUT2D eigenvalue weighted by Crippen LogP contribution is -2.31. The van der Waals surface area contributed by atoms with Crippen LogP contribution in [0.1, 0.15) is 15.9 Å². The van der Waals surface area contributed by atoms with Crippen molar-refractivity contribution in [3.05, 3.63) is 35.4 Å². The highest BCUT2D eigenvalue weighted by Crippen LogP contribution is 2.17. The number of hydrogen-bond donors (Lipinski definition) is 0. The first kappa shape index (κ1) is 13.1. The molecule has 1 fully saturated rings. The maximum atomic E-state index is 11.8. The van der Waals surface area contributed by atoms with Crippen LogP contribution < -0.4 is 0 Å². The van der Waals surface area contributed by atoms with Crippen LogP contribution in [0.5, 0.6) is 0 Å². The number of carbonyl (C=O) groups is 3. The fourth-order valence-electron chi connectivity index (χ4n) is 1.96. The van der Waals surface area contributed by atoms with Gasteiger partial charge in [0.25, 0.3) is 5.91 Å². The molecule has 0 spiro atoms. The number of esters is 1. The Morgan fingerprint density at radius 2 is 2.00 bits per heavy atom. The van der Waals surface area contributed by atoms with Gasteiger partial charge in [-0.05, 0) is 11.6 Å². The highest BCUT2D eigenvalue weighted by Gasteiger charge is 2.34. The Labute approximate surface area is 110 Å². The van der Waals surface area contributed by atoms with E-state index in [0.29, 0.717) is 11.1 Å². The van der Waals surface area contributed by atoms with Crippen molar-refractivity contribution in [2.45, 2.75) is 6.54 Å². The van der Waals surface area contributed by atoms with E-state index in [4.69, 9.17) is 0 Å². The Morgan fingerprint density at radius 1 is 1.32 bits per heavy atom. The molecule has 1 aliphatic rings. The Hall–Kier alpha value is -2.37. The normalized spacial score (nSPS) is 15.1. The molecule has 19 heavy (non-hydrogen) atoms. The average Bonchev–Trinajstić information content (AvgIpc) is 2.65. The van der Waals surface area contributed by atoms with Gasteiger partial charge in [0.15, 0.2) is 0 Å². The largest absolute Gasteiger partial charge is 0.465 e. The number of methoxy groups -OCH3 is 1. The van der Waals surface area contributed by atoms with Gasteiger partial charge in [-0.1, -0.05) is 18.2 Å². The summed E-state index contributed by atoms with van der Waals surface area (Å²) in [6.07, 6.45) is 0. The van der Waals surface area contributed by atoms with Crippen molar-refractivity contribution >= 4 is 17.9 Å². The van der Waals surface area contributed by atoms with Crippen molar-refractivity contribution < 1.29 is 19.1 Å². The van der Waals surface area contributed by atoms with Gasteiger partial charge in [0.05, 0.1) is 19.2 Å². The van der Waals surface area contributed by atoms with E-state index in [1.165, 1.54) is 12.0 Å². The average molecular weight is 262 g/mol. The van der Waals surface area contributed by atoms with Gasteiger partial charge in [-0.15, -0.1) is 0 Å². The van der Waals surface area contributed by atoms with E-state index < -0.39 is 5.97 Å². The van der Waals surface area contributed by atoms with Gasteiger partial charge in [0.2, 0.25) is 0 Å². The molecule has 0 aliphatic carbocycles. The van der Waals surface area contributed by atoms with E-state index in [9.17, 15) is 14.4 Å². The molecule has 100 valence electrons. The Balaban J connectivity index is 2.27. The maximum absolute atomic E-state index is 11.8. The molecule has 6 heteroatoms. The summed E-state index contributed by atoms with van der Waals surface area (Å²) in [5.74, 6) is -0.754. The molecule has 1 saturated heterocycles. The molecule has 6 nitrogen and oxygen atoms in total. The first-order chi connectivity index (χ1) is 9.04.